The lowest BCUT2D eigenvalue weighted by Crippen LogP contribution is -2.30. The normalized spacial score (nSPS) is 10.3. The number of benzene rings is 2. The number of hydrogen-bond donors (Lipinski definition) is 2. The molecule has 0 fully saturated rings. The zero-order valence-electron chi connectivity index (χ0n) is 15.9. The third-order valence-electron chi connectivity index (χ3n) is 4.15. The number of para-hydroxylation sites is 1. The van der Waals surface area contributed by atoms with Crippen molar-refractivity contribution in [1.82, 2.24) is 5.32 Å². The van der Waals surface area contributed by atoms with Crippen molar-refractivity contribution >= 4 is 23.5 Å². The smallest absolute Gasteiger partial charge is 0.340 e. The van der Waals surface area contributed by atoms with Crippen LogP contribution in [0, 0.1) is 5.82 Å². The van der Waals surface area contributed by atoms with E-state index in [9.17, 15) is 18.8 Å². The van der Waals surface area contributed by atoms with E-state index in [0.717, 1.165) is 0 Å². The number of anilines is 1. The van der Waals surface area contributed by atoms with E-state index >= 15 is 0 Å². The summed E-state index contributed by atoms with van der Waals surface area (Å²) < 4.78 is 23.6. The molecule has 0 atom stereocenters. The minimum Gasteiger partial charge on any atom is -0.459 e. The summed E-state index contributed by atoms with van der Waals surface area (Å²) in [6, 6.07) is 15.6. The molecule has 1 aromatic heterocycles. The number of esters is 1. The third kappa shape index (κ3) is 5.54. The minimum absolute atomic E-state index is 0.0902. The largest absolute Gasteiger partial charge is 0.459 e. The molecule has 7 nitrogen and oxygen atoms in total. The predicted molar refractivity (Wildman–Crippen MR) is 106 cm³/mol. The molecule has 2 amide bonds. The standard InChI is InChI=1S/C22H19FN2O5/c23-17-8-3-1-6-15(17)11-12-24-20(26)14-30-22(28)16-7-2-4-9-18(16)25-21(27)19-10-5-13-29-19/h1-10,13H,11-12,14H2,(H,24,26)(H,25,27). The molecule has 0 spiro atoms. The number of ether oxygens (including phenoxy) is 1. The van der Waals surface area contributed by atoms with Gasteiger partial charge in [-0.05, 0) is 42.3 Å². The number of nitrogens with one attached hydrogen (secondary N) is 2. The summed E-state index contributed by atoms with van der Waals surface area (Å²) in [4.78, 5) is 36.4. The maximum Gasteiger partial charge on any atom is 0.340 e. The number of carbonyl (C=O) groups excluding carboxylic acids is 3. The van der Waals surface area contributed by atoms with Gasteiger partial charge in [-0.3, -0.25) is 9.59 Å². The molecule has 0 unspecified atom stereocenters. The summed E-state index contributed by atoms with van der Waals surface area (Å²) >= 11 is 0. The van der Waals surface area contributed by atoms with E-state index in [4.69, 9.17) is 9.15 Å². The molecule has 0 saturated heterocycles. The molecule has 3 aromatic rings. The van der Waals surface area contributed by atoms with Crippen molar-refractivity contribution in [2.75, 3.05) is 18.5 Å². The van der Waals surface area contributed by atoms with Crippen LogP contribution in [0.25, 0.3) is 0 Å². The van der Waals surface area contributed by atoms with Crippen LogP contribution in [0.2, 0.25) is 0 Å². The first-order valence-electron chi connectivity index (χ1n) is 9.15. The van der Waals surface area contributed by atoms with Crippen molar-refractivity contribution in [2.24, 2.45) is 0 Å². The molecule has 0 bridgehead atoms. The highest BCUT2D eigenvalue weighted by atomic mass is 19.1. The number of amides is 2. The summed E-state index contributed by atoms with van der Waals surface area (Å²) in [7, 11) is 0. The van der Waals surface area contributed by atoms with E-state index in [1.54, 1.807) is 36.4 Å². The fraction of sp³-hybridized carbons (Fsp3) is 0.136. The van der Waals surface area contributed by atoms with Gasteiger partial charge < -0.3 is 19.8 Å². The fourth-order valence-corrected chi connectivity index (χ4v) is 2.66. The summed E-state index contributed by atoms with van der Waals surface area (Å²) in [5, 5.41) is 5.14. The predicted octanol–water partition coefficient (Wildman–Crippen LogP) is 3.19. The quantitative estimate of drug-likeness (QED) is 0.556. The number of carbonyl (C=O) groups is 3. The Bertz CT molecular complexity index is 1030. The monoisotopic (exact) mass is 410 g/mol. The van der Waals surface area contributed by atoms with Gasteiger partial charge in [0.25, 0.3) is 11.8 Å². The lowest BCUT2D eigenvalue weighted by molar-refractivity contribution is -0.124. The van der Waals surface area contributed by atoms with Gasteiger partial charge in [-0.2, -0.15) is 0 Å². The lowest BCUT2D eigenvalue weighted by atomic mass is 10.1. The maximum atomic E-state index is 13.6. The Balaban J connectivity index is 1.50. The summed E-state index contributed by atoms with van der Waals surface area (Å²) in [5.41, 5.74) is 0.802. The Morgan fingerprint density at radius 1 is 0.967 bits per heavy atom. The maximum absolute atomic E-state index is 13.6. The molecule has 154 valence electrons. The van der Waals surface area contributed by atoms with Gasteiger partial charge in [0.2, 0.25) is 0 Å². The van der Waals surface area contributed by atoms with Crippen molar-refractivity contribution in [2.45, 2.75) is 6.42 Å². The Kier molecular flexibility index (Phi) is 6.94. The molecule has 0 aliphatic rings. The molecule has 0 aliphatic heterocycles. The van der Waals surface area contributed by atoms with Crippen LogP contribution < -0.4 is 10.6 Å². The average molecular weight is 410 g/mol. The van der Waals surface area contributed by atoms with Gasteiger partial charge in [0, 0.05) is 6.54 Å². The van der Waals surface area contributed by atoms with Crippen molar-refractivity contribution < 1.29 is 27.9 Å². The molecule has 0 aliphatic carbocycles. The first-order valence-corrected chi connectivity index (χ1v) is 9.15. The average Bonchev–Trinajstić information content (AvgIpc) is 3.29. The van der Waals surface area contributed by atoms with Crippen molar-refractivity contribution in [1.29, 1.82) is 0 Å². The fourth-order valence-electron chi connectivity index (χ4n) is 2.66. The van der Waals surface area contributed by atoms with Gasteiger partial charge in [0.1, 0.15) is 5.82 Å². The van der Waals surface area contributed by atoms with Gasteiger partial charge in [-0.1, -0.05) is 30.3 Å². The number of hydrogen-bond acceptors (Lipinski definition) is 5. The molecular weight excluding hydrogens is 391 g/mol. The molecule has 3 rings (SSSR count). The van der Waals surface area contributed by atoms with Crippen molar-refractivity contribution in [3.05, 3.63) is 89.6 Å². The first kappa shape index (κ1) is 20.8. The van der Waals surface area contributed by atoms with E-state index in [-0.39, 0.29) is 29.4 Å². The van der Waals surface area contributed by atoms with Crippen LogP contribution >= 0.6 is 0 Å². The van der Waals surface area contributed by atoms with Crippen LogP contribution in [0.1, 0.15) is 26.5 Å². The minimum atomic E-state index is -0.769. The number of halogens is 1. The van der Waals surface area contributed by atoms with Crippen molar-refractivity contribution in [3.63, 3.8) is 0 Å². The van der Waals surface area contributed by atoms with E-state index in [2.05, 4.69) is 10.6 Å². The van der Waals surface area contributed by atoms with Gasteiger partial charge in [-0.25, -0.2) is 9.18 Å². The van der Waals surface area contributed by atoms with Crippen LogP contribution in [0.5, 0.6) is 0 Å². The van der Waals surface area contributed by atoms with Gasteiger partial charge in [0.15, 0.2) is 12.4 Å². The van der Waals surface area contributed by atoms with Gasteiger partial charge in [-0.15, -0.1) is 0 Å². The first-order chi connectivity index (χ1) is 14.5. The van der Waals surface area contributed by atoms with E-state index in [1.165, 1.54) is 30.5 Å². The molecule has 2 aromatic carbocycles. The second kappa shape index (κ2) is 10.0. The molecule has 0 radical (unpaired) electrons. The summed E-state index contributed by atoms with van der Waals surface area (Å²) in [5.74, 6) is -2.06. The van der Waals surface area contributed by atoms with Crippen LogP contribution in [0.15, 0.2) is 71.3 Å². The molecule has 0 saturated carbocycles. The molecule has 1 heterocycles. The van der Waals surface area contributed by atoms with E-state index in [0.29, 0.717) is 12.0 Å². The van der Waals surface area contributed by atoms with E-state index in [1.807, 2.05) is 0 Å². The molecule has 30 heavy (non-hydrogen) atoms. The van der Waals surface area contributed by atoms with E-state index < -0.39 is 24.4 Å². The Hall–Kier alpha value is -3.94. The van der Waals surface area contributed by atoms with Crippen LogP contribution in [0.4, 0.5) is 10.1 Å². The van der Waals surface area contributed by atoms with Crippen LogP contribution in [-0.4, -0.2) is 30.9 Å². The van der Waals surface area contributed by atoms with Gasteiger partial charge in [0.05, 0.1) is 17.5 Å². The van der Waals surface area contributed by atoms with Crippen molar-refractivity contribution in [3.8, 4) is 0 Å². The highest BCUT2D eigenvalue weighted by molar-refractivity contribution is 6.06. The highest BCUT2D eigenvalue weighted by Gasteiger charge is 2.17. The zero-order chi connectivity index (χ0) is 21.3. The zero-order valence-corrected chi connectivity index (χ0v) is 15.9. The van der Waals surface area contributed by atoms with Crippen LogP contribution in [0.3, 0.4) is 0 Å². The topological polar surface area (TPSA) is 97.6 Å². The second-order valence-electron chi connectivity index (χ2n) is 6.24. The lowest BCUT2D eigenvalue weighted by Gasteiger charge is -2.10. The number of rotatable bonds is 8. The molecule has 8 heteroatoms. The van der Waals surface area contributed by atoms with Gasteiger partial charge >= 0.3 is 5.97 Å². The molecule has 2 N–H and O–H groups in total. The summed E-state index contributed by atoms with van der Waals surface area (Å²) in [6.07, 6.45) is 1.67. The Morgan fingerprint density at radius 3 is 2.50 bits per heavy atom. The summed E-state index contributed by atoms with van der Waals surface area (Å²) in [6.45, 7) is -0.302. The highest BCUT2D eigenvalue weighted by Crippen LogP contribution is 2.17. The Labute approximate surface area is 171 Å². The molecular formula is C22H19FN2O5. The third-order valence-corrected chi connectivity index (χ3v) is 4.15. The Morgan fingerprint density at radius 2 is 1.73 bits per heavy atom. The second-order valence-corrected chi connectivity index (χ2v) is 6.24. The van der Waals surface area contributed by atoms with Crippen LogP contribution in [-0.2, 0) is 16.0 Å². The number of furan rings is 1. The SMILES string of the molecule is O=C(COC(=O)c1ccccc1NC(=O)c1ccco1)NCCc1ccccc1F.